The van der Waals surface area contributed by atoms with Gasteiger partial charge in [-0.1, -0.05) is 16.6 Å². The zero-order chi connectivity index (χ0) is 8.27. The molecule has 0 aromatic rings. The molecule has 0 atom stereocenters. The van der Waals surface area contributed by atoms with Gasteiger partial charge in [-0.25, -0.2) is 0 Å². The van der Waals surface area contributed by atoms with Crippen LogP contribution in [0.2, 0.25) is 0 Å². The molecular weight excluding hydrogens is 172 g/mol. The van der Waals surface area contributed by atoms with Gasteiger partial charge in [0.2, 0.25) is 5.82 Å². The summed E-state index contributed by atoms with van der Waals surface area (Å²) in [5, 5.41) is 22.2. The van der Waals surface area contributed by atoms with E-state index in [0.717, 1.165) is 0 Å². The maximum Gasteiger partial charge on any atom is 0.214 e. The van der Waals surface area contributed by atoms with E-state index >= 15 is 0 Å². The third-order valence-electron chi connectivity index (χ3n) is 0.887. The van der Waals surface area contributed by atoms with Crippen molar-refractivity contribution in [1.29, 1.82) is 0 Å². The summed E-state index contributed by atoms with van der Waals surface area (Å²) in [6, 6.07) is 0. The second kappa shape index (κ2) is 3.11. The molecule has 0 bridgehead atoms. The topological polar surface area (TPSA) is 85.5 Å². The first-order chi connectivity index (χ1) is 5.18. The van der Waals surface area contributed by atoms with Gasteiger partial charge in [-0.2, -0.15) is 0 Å². The van der Waals surface area contributed by atoms with E-state index in [-0.39, 0.29) is 5.82 Å². The fourth-order valence-electron chi connectivity index (χ4n) is 0.505. The predicted octanol–water partition coefficient (Wildman–Crippen LogP) is 0.476. The first-order valence-corrected chi connectivity index (χ1v) is 3.02. The van der Waals surface area contributed by atoms with Gasteiger partial charge in [-0.05, 0) is 12.2 Å². The van der Waals surface area contributed by atoms with E-state index in [2.05, 4.69) is 16.0 Å². The van der Waals surface area contributed by atoms with Crippen molar-refractivity contribution >= 4 is 11.6 Å². The van der Waals surface area contributed by atoms with Gasteiger partial charge in [-0.15, -0.1) is 0 Å². The minimum absolute atomic E-state index is 0.111. The summed E-state index contributed by atoms with van der Waals surface area (Å²) in [5.74, 6) is 0.111. The molecule has 0 unspecified atom stereocenters. The molecule has 0 radical (unpaired) electrons. The Morgan fingerprint density at radius 1 is 1.36 bits per heavy atom. The molecule has 0 saturated carbocycles. The Morgan fingerprint density at radius 2 is 2.09 bits per heavy atom. The number of hydrogen-bond donors (Lipinski definition) is 2. The average Bonchev–Trinajstić information content (AvgIpc) is 1.93. The van der Waals surface area contributed by atoms with E-state index in [9.17, 15) is 10.4 Å². The maximum atomic E-state index is 9.83. The number of nitrogens with zero attached hydrogens (tertiary/aromatic N) is 2. The maximum absolute atomic E-state index is 9.83. The SMILES string of the molecule is [O-][N+]([O-])=NC1=CC=C(Cl)NN1. The average molecular weight is 176 g/mol. The number of halogens is 1. The first-order valence-electron chi connectivity index (χ1n) is 2.64. The summed E-state index contributed by atoms with van der Waals surface area (Å²) in [4.78, 5) is 0. The molecule has 0 spiro atoms. The Kier molecular flexibility index (Phi) is 2.17. The standard InChI is InChI=1S/C4H4ClN4O2/c5-3-1-2-4(7-6-3)8-9(10)11/h1-2,6-7H/q-1. The number of hydrogen-bond acceptors (Lipinski definition) is 5. The van der Waals surface area contributed by atoms with Gasteiger partial charge in [-0.3, -0.25) is 10.9 Å². The lowest BCUT2D eigenvalue weighted by atomic mass is 10.5. The van der Waals surface area contributed by atoms with E-state index in [1.807, 2.05) is 0 Å². The summed E-state index contributed by atoms with van der Waals surface area (Å²) in [7, 11) is 0. The molecule has 0 fully saturated rings. The normalized spacial score (nSPS) is 15.4. The van der Waals surface area contributed by atoms with Crippen molar-refractivity contribution in [2.75, 3.05) is 0 Å². The number of hydrazine groups is 1. The molecule has 2 N–H and O–H groups in total. The fraction of sp³-hybridized carbons (Fsp3) is 0. The van der Waals surface area contributed by atoms with Crippen LogP contribution in [-0.2, 0) is 0 Å². The lowest BCUT2D eigenvalue weighted by Gasteiger charge is -2.10. The predicted molar refractivity (Wildman–Crippen MR) is 37.7 cm³/mol. The molecule has 0 aromatic heterocycles. The van der Waals surface area contributed by atoms with Crippen LogP contribution in [0.15, 0.2) is 28.2 Å². The molecular formula is C4H4ClN4O2-. The van der Waals surface area contributed by atoms with Crippen LogP contribution in [0.25, 0.3) is 0 Å². The Hall–Kier alpha value is -1.43. The van der Waals surface area contributed by atoms with Crippen molar-refractivity contribution < 1.29 is 5.02 Å². The monoisotopic (exact) mass is 175 g/mol. The van der Waals surface area contributed by atoms with E-state index in [0.29, 0.717) is 5.16 Å². The summed E-state index contributed by atoms with van der Waals surface area (Å²) in [6.45, 7) is 0. The number of nitrogens with one attached hydrogen (secondary N) is 2. The molecule has 0 aliphatic carbocycles. The Labute approximate surface area is 67.0 Å². The summed E-state index contributed by atoms with van der Waals surface area (Å²) >= 11 is 5.45. The minimum atomic E-state index is -0.798. The van der Waals surface area contributed by atoms with Crippen LogP contribution in [0.4, 0.5) is 0 Å². The van der Waals surface area contributed by atoms with Crippen molar-refractivity contribution in [3.8, 4) is 0 Å². The van der Waals surface area contributed by atoms with Gasteiger partial charge in [0.05, 0.1) is 0 Å². The molecule has 0 aromatic carbocycles. The highest BCUT2D eigenvalue weighted by Gasteiger charge is 2.01. The van der Waals surface area contributed by atoms with Gasteiger partial charge in [0.1, 0.15) is 5.16 Å². The Balaban J connectivity index is 2.69. The van der Waals surface area contributed by atoms with Gasteiger partial charge >= 0.3 is 0 Å². The minimum Gasteiger partial charge on any atom is -0.587 e. The van der Waals surface area contributed by atoms with Gasteiger partial charge in [0, 0.05) is 5.11 Å². The molecule has 11 heavy (non-hydrogen) atoms. The van der Waals surface area contributed by atoms with Crippen LogP contribution in [0, 0.1) is 10.4 Å². The molecule has 0 saturated heterocycles. The smallest absolute Gasteiger partial charge is 0.214 e. The van der Waals surface area contributed by atoms with Crippen LogP contribution in [0.3, 0.4) is 0 Å². The molecule has 7 heteroatoms. The molecule has 1 aliphatic rings. The zero-order valence-electron chi connectivity index (χ0n) is 5.24. The van der Waals surface area contributed by atoms with Crippen molar-refractivity contribution in [2.24, 2.45) is 5.11 Å². The van der Waals surface area contributed by atoms with E-state index in [1.54, 1.807) is 0 Å². The van der Waals surface area contributed by atoms with E-state index in [4.69, 9.17) is 11.6 Å². The van der Waals surface area contributed by atoms with E-state index < -0.39 is 5.02 Å². The van der Waals surface area contributed by atoms with Crippen LogP contribution in [-0.4, -0.2) is 5.02 Å². The van der Waals surface area contributed by atoms with Gasteiger partial charge < -0.3 is 10.4 Å². The van der Waals surface area contributed by atoms with Crippen molar-refractivity contribution in [2.45, 2.75) is 0 Å². The summed E-state index contributed by atoms with van der Waals surface area (Å²) < 4.78 is 0. The number of allylic oxidation sites excluding steroid dienone is 2. The lowest BCUT2D eigenvalue weighted by Crippen LogP contribution is -2.30. The fourth-order valence-corrected chi connectivity index (χ4v) is 0.616. The van der Waals surface area contributed by atoms with E-state index in [1.165, 1.54) is 12.2 Å². The highest BCUT2D eigenvalue weighted by Crippen LogP contribution is 2.03. The van der Waals surface area contributed by atoms with Crippen LogP contribution in [0.5, 0.6) is 0 Å². The summed E-state index contributed by atoms with van der Waals surface area (Å²) in [5.41, 5.74) is 4.85. The van der Waals surface area contributed by atoms with Gasteiger partial charge in [0.15, 0.2) is 0 Å². The third-order valence-corrected chi connectivity index (χ3v) is 1.11. The second-order valence-corrected chi connectivity index (χ2v) is 2.06. The van der Waals surface area contributed by atoms with Crippen molar-refractivity contribution in [1.82, 2.24) is 10.9 Å². The largest absolute Gasteiger partial charge is 0.587 e. The molecule has 60 valence electrons. The summed E-state index contributed by atoms with van der Waals surface area (Å²) in [6.07, 6.45) is 2.85. The van der Waals surface area contributed by atoms with Crippen LogP contribution < -0.4 is 10.9 Å². The molecule has 6 nitrogen and oxygen atoms in total. The quantitative estimate of drug-likeness (QED) is 0.345. The highest BCUT2D eigenvalue weighted by atomic mass is 35.5. The number of rotatable bonds is 1. The van der Waals surface area contributed by atoms with Crippen LogP contribution in [0.1, 0.15) is 0 Å². The third kappa shape index (κ3) is 2.34. The molecule has 1 rings (SSSR count). The highest BCUT2D eigenvalue weighted by molar-refractivity contribution is 6.29. The lowest BCUT2D eigenvalue weighted by molar-refractivity contribution is -0.456. The van der Waals surface area contributed by atoms with Crippen LogP contribution >= 0.6 is 11.6 Å². The second-order valence-electron chi connectivity index (χ2n) is 1.65. The molecule has 0 amide bonds. The molecule has 1 aliphatic heterocycles. The Morgan fingerprint density at radius 3 is 2.55 bits per heavy atom. The van der Waals surface area contributed by atoms with Crippen molar-refractivity contribution in [3.05, 3.63) is 33.5 Å². The first kappa shape index (κ1) is 7.67. The van der Waals surface area contributed by atoms with Crippen molar-refractivity contribution in [3.63, 3.8) is 0 Å². The van der Waals surface area contributed by atoms with Gasteiger partial charge in [0.25, 0.3) is 0 Å². The molecule has 1 heterocycles. The zero-order valence-corrected chi connectivity index (χ0v) is 6.00. The Bertz CT molecular complexity index is 242.